The number of aromatic amines is 1. The minimum absolute atomic E-state index is 0.0407. The highest BCUT2D eigenvalue weighted by atomic mass is 32.2. The quantitative estimate of drug-likeness (QED) is 0.395. The fraction of sp³-hybridized carbons (Fsp3) is 0.833. The van der Waals surface area contributed by atoms with Gasteiger partial charge < -0.3 is 5.43 Å². The number of rotatable bonds is 14. The molecule has 2 rings (SSSR count). The van der Waals surface area contributed by atoms with Crippen LogP contribution in [0.5, 0.6) is 0 Å². The first-order chi connectivity index (χ1) is 13.7. The standard InChI is InChI=1S/C18H35N7O2S2/c1-17(2,16-20-22-23-21-16)8-5-12-28(26)14-7-15-29(27)13-6-9-18(3,4)25-11-10-19-24-25/h10-11,19,24H,5-9,12-15H2,1-4H3,(H,20,21,22,23). The van der Waals surface area contributed by atoms with Gasteiger partial charge in [0.15, 0.2) is 5.82 Å². The van der Waals surface area contributed by atoms with Gasteiger partial charge in [-0.05, 0) is 46.0 Å². The van der Waals surface area contributed by atoms with Gasteiger partial charge in [-0.2, -0.15) is 5.21 Å². The molecule has 11 heteroatoms. The first-order valence-electron chi connectivity index (χ1n) is 10.1. The van der Waals surface area contributed by atoms with Crippen LogP contribution in [0.2, 0.25) is 0 Å². The van der Waals surface area contributed by atoms with Gasteiger partial charge in [0.05, 0.1) is 5.54 Å². The molecule has 2 unspecified atom stereocenters. The van der Waals surface area contributed by atoms with Crippen molar-refractivity contribution >= 4 is 21.6 Å². The molecule has 0 aromatic carbocycles. The molecule has 166 valence electrons. The Morgan fingerprint density at radius 3 is 2.14 bits per heavy atom. The first kappa shape index (κ1) is 23.9. The van der Waals surface area contributed by atoms with E-state index in [1.54, 1.807) is 0 Å². The van der Waals surface area contributed by atoms with Crippen molar-refractivity contribution in [1.82, 2.24) is 36.6 Å². The van der Waals surface area contributed by atoms with Crippen LogP contribution in [0.1, 0.15) is 65.6 Å². The summed E-state index contributed by atoms with van der Waals surface area (Å²) < 4.78 is 24.5. The van der Waals surface area contributed by atoms with E-state index in [1.165, 1.54) is 0 Å². The lowest BCUT2D eigenvalue weighted by molar-refractivity contribution is 0.112. The predicted molar refractivity (Wildman–Crippen MR) is 117 cm³/mol. The van der Waals surface area contributed by atoms with Crippen LogP contribution in [0.4, 0.5) is 0 Å². The van der Waals surface area contributed by atoms with Crippen molar-refractivity contribution < 1.29 is 8.42 Å². The Labute approximate surface area is 178 Å². The Kier molecular flexibility index (Phi) is 9.22. The second-order valence-electron chi connectivity index (χ2n) is 8.63. The number of nitrogens with zero attached hydrogens (tertiary/aromatic N) is 4. The van der Waals surface area contributed by atoms with E-state index in [0.29, 0.717) is 28.8 Å². The summed E-state index contributed by atoms with van der Waals surface area (Å²) >= 11 is 0. The highest BCUT2D eigenvalue weighted by Gasteiger charge is 2.26. The summed E-state index contributed by atoms with van der Waals surface area (Å²) in [7, 11) is -1.71. The Balaban J connectivity index is 1.54. The Bertz CT molecular complexity index is 692. The van der Waals surface area contributed by atoms with Crippen LogP contribution in [0.15, 0.2) is 12.4 Å². The molecular formula is C18H35N7O2S2. The van der Waals surface area contributed by atoms with Gasteiger partial charge in [-0.1, -0.05) is 19.1 Å². The summed E-state index contributed by atoms with van der Waals surface area (Å²) in [4.78, 5) is 0. The minimum Gasteiger partial charge on any atom is -0.310 e. The average molecular weight is 446 g/mol. The molecule has 2 heterocycles. The number of nitrogens with one attached hydrogen (secondary N) is 3. The fourth-order valence-corrected chi connectivity index (χ4v) is 5.67. The lowest BCUT2D eigenvalue weighted by Gasteiger charge is -2.34. The molecule has 9 nitrogen and oxygen atoms in total. The predicted octanol–water partition coefficient (Wildman–Crippen LogP) is 1.50. The van der Waals surface area contributed by atoms with Crippen molar-refractivity contribution in [3.05, 3.63) is 18.2 Å². The number of hydrogen-bond donors (Lipinski definition) is 3. The van der Waals surface area contributed by atoms with Crippen molar-refractivity contribution in [3.63, 3.8) is 0 Å². The van der Waals surface area contributed by atoms with Crippen LogP contribution in [0.3, 0.4) is 0 Å². The Hall–Kier alpha value is -1.33. The topological polar surface area (TPSA) is 116 Å². The van der Waals surface area contributed by atoms with Crippen LogP contribution in [0.25, 0.3) is 0 Å². The first-order valence-corrected chi connectivity index (χ1v) is 13.1. The molecule has 3 N–H and O–H groups in total. The van der Waals surface area contributed by atoms with Crippen molar-refractivity contribution in [2.75, 3.05) is 23.0 Å². The highest BCUT2D eigenvalue weighted by Crippen LogP contribution is 2.24. The average Bonchev–Trinajstić information content (AvgIpc) is 3.35. The van der Waals surface area contributed by atoms with Crippen molar-refractivity contribution in [3.8, 4) is 0 Å². The molecule has 0 fully saturated rings. The van der Waals surface area contributed by atoms with E-state index in [2.05, 4.69) is 59.3 Å². The molecule has 1 aliphatic heterocycles. The van der Waals surface area contributed by atoms with Crippen LogP contribution in [-0.2, 0) is 27.0 Å². The smallest absolute Gasteiger partial charge is 0.180 e. The molecule has 29 heavy (non-hydrogen) atoms. The van der Waals surface area contributed by atoms with Crippen molar-refractivity contribution in [1.29, 1.82) is 0 Å². The van der Waals surface area contributed by atoms with E-state index in [-0.39, 0.29) is 11.0 Å². The summed E-state index contributed by atoms with van der Waals surface area (Å²) in [6, 6.07) is 0. The Morgan fingerprint density at radius 1 is 0.966 bits per heavy atom. The zero-order valence-corrected chi connectivity index (χ0v) is 19.6. The van der Waals surface area contributed by atoms with Gasteiger partial charge in [0, 0.05) is 62.4 Å². The summed E-state index contributed by atoms with van der Waals surface area (Å²) in [5.74, 6) is 3.29. The van der Waals surface area contributed by atoms with Crippen molar-refractivity contribution in [2.24, 2.45) is 0 Å². The van der Waals surface area contributed by atoms with E-state index in [9.17, 15) is 8.42 Å². The van der Waals surface area contributed by atoms with Crippen LogP contribution in [0, 0.1) is 0 Å². The molecular weight excluding hydrogens is 410 g/mol. The number of aromatic nitrogens is 4. The molecule has 2 atom stereocenters. The number of hydrazine groups is 2. The van der Waals surface area contributed by atoms with Gasteiger partial charge in [0.2, 0.25) is 0 Å². The maximum atomic E-state index is 12.2. The largest absolute Gasteiger partial charge is 0.310 e. The maximum absolute atomic E-state index is 12.2. The van der Waals surface area contributed by atoms with Gasteiger partial charge in [0.1, 0.15) is 0 Å². The third-order valence-corrected chi connectivity index (χ3v) is 8.15. The van der Waals surface area contributed by atoms with Gasteiger partial charge in [0.25, 0.3) is 0 Å². The van der Waals surface area contributed by atoms with E-state index in [0.717, 1.165) is 32.1 Å². The zero-order chi connectivity index (χ0) is 21.3. The minimum atomic E-state index is -0.868. The molecule has 1 aromatic rings. The maximum Gasteiger partial charge on any atom is 0.180 e. The second-order valence-corrected chi connectivity index (χ2v) is 12.0. The fourth-order valence-electron chi connectivity index (χ4n) is 3.22. The highest BCUT2D eigenvalue weighted by molar-refractivity contribution is 7.85. The molecule has 0 amide bonds. The van der Waals surface area contributed by atoms with E-state index in [1.807, 2.05) is 17.4 Å². The third-order valence-electron chi connectivity index (χ3n) is 5.17. The van der Waals surface area contributed by atoms with Gasteiger partial charge in [-0.15, -0.1) is 15.7 Å². The normalized spacial score (nSPS) is 16.8. The molecule has 0 bridgehead atoms. The zero-order valence-electron chi connectivity index (χ0n) is 17.9. The monoisotopic (exact) mass is 445 g/mol. The summed E-state index contributed by atoms with van der Waals surface area (Å²) in [6.07, 6.45) is 8.12. The number of H-pyrrole nitrogens is 1. The van der Waals surface area contributed by atoms with E-state index < -0.39 is 21.6 Å². The lowest BCUT2D eigenvalue weighted by atomic mass is 9.87. The third kappa shape index (κ3) is 8.13. The summed E-state index contributed by atoms with van der Waals surface area (Å²) in [5, 5.41) is 16.2. The van der Waals surface area contributed by atoms with Gasteiger partial charge in [-0.3, -0.25) is 13.4 Å². The molecule has 1 aromatic heterocycles. The van der Waals surface area contributed by atoms with E-state index >= 15 is 0 Å². The van der Waals surface area contributed by atoms with Gasteiger partial charge >= 0.3 is 0 Å². The molecule has 0 saturated carbocycles. The summed E-state index contributed by atoms with van der Waals surface area (Å²) in [6.45, 7) is 8.45. The van der Waals surface area contributed by atoms with Crippen molar-refractivity contribution in [2.45, 2.75) is 70.8 Å². The van der Waals surface area contributed by atoms with E-state index in [4.69, 9.17) is 0 Å². The Morgan fingerprint density at radius 2 is 1.59 bits per heavy atom. The molecule has 0 saturated heterocycles. The second kappa shape index (κ2) is 11.2. The lowest BCUT2D eigenvalue weighted by Crippen LogP contribution is -2.49. The SMILES string of the molecule is CC(C)(CCCS(=O)CCCS(=O)CCCC(C)(C)N1C=CNN1)c1nn[nH]n1. The molecule has 0 aliphatic carbocycles. The summed E-state index contributed by atoms with van der Waals surface area (Å²) in [5.41, 5.74) is 5.79. The number of hydrogen-bond acceptors (Lipinski definition) is 8. The molecule has 1 aliphatic rings. The van der Waals surface area contributed by atoms with Gasteiger partial charge in [-0.25, -0.2) is 0 Å². The molecule has 0 radical (unpaired) electrons. The number of tetrazole rings is 1. The van der Waals surface area contributed by atoms with Crippen LogP contribution in [-0.4, -0.2) is 62.6 Å². The van der Waals surface area contributed by atoms with Crippen LogP contribution >= 0.6 is 0 Å². The van der Waals surface area contributed by atoms with Crippen LogP contribution < -0.4 is 11.0 Å². The molecule has 0 spiro atoms.